The Morgan fingerprint density at radius 1 is 1.12 bits per heavy atom. The van der Waals surface area contributed by atoms with E-state index in [1.54, 1.807) is 18.6 Å². The van der Waals surface area contributed by atoms with Crippen molar-refractivity contribution in [3.05, 3.63) is 65.9 Å². The molecule has 0 aromatic carbocycles. The Kier molecular flexibility index (Phi) is 3.60. The number of rotatable bonds is 1. The number of anilines is 1. The molecule has 0 aliphatic carbocycles. The second kappa shape index (κ2) is 6.06. The van der Waals surface area contributed by atoms with E-state index in [1.165, 1.54) is 0 Å². The highest BCUT2D eigenvalue weighted by atomic mass is 15.0. The Bertz CT molecular complexity index is 1120. The molecule has 4 aromatic heterocycles. The van der Waals surface area contributed by atoms with Gasteiger partial charge in [-0.05, 0) is 31.2 Å². The zero-order valence-electron chi connectivity index (χ0n) is 13.5. The number of pyridine rings is 2. The van der Waals surface area contributed by atoms with E-state index in [4.69, 9.17) is 5.73 Å². The molecular weight excluding hydrogens is 312 g/mol. The molecule has 4 rings (SSSR count). The van der Waals surface area contributed by atoms with Gasteiger partial charge in [0.1, 0.15) is 5.65 Å². The maximum Gasteiger partial charge on any atom is 0.220 e. The Balaban J connectivity index is 1.83. The van der Waals surface area contributed by atoms with Crippen molar-refractivity contribution in [3.8, 4) is 23.1 Å². The van der Waals surface area contributed by atoms with Crippen LogP contribution < -0.4 is 5.73 Å². The number of nitrogens with one attached hydrogen (secondary N) is 1. The van der Waals surface area contributed by atoms with Gasteiger partial charge in [0.25, 0.3) is 0 Å². The van der Waals surface area contributed by atoms with Crippen LogP contribution in [0, 0.1) is 18.8 Å². The maximum absolute atomic E-state index is 5.82. The number of hydrogen-bond acceptors (Lipinski definition) is 5. The van der Waals surface area contributed by atoms with Gasteiger partial charge in [-0.3, -0.25) is 4.98 Å². The van der Waals surface area contributed by atoms with Crippen LogP contribution in [0.5, 0.6) is 0 Å². The van der Waals surface area contributed by atoms with Crippen molar-refractivity contribution in [1.29, 1.82) is 0 Å². The second-order valence-corrected chi connectivity index (χ2v) is 5.52. The third-order valence-corrected chi connectivity index (χ3v) is 3.77. The fraction of sp³-hybridized carbons (Fsp3) is 0.0526. The molecule has 0 atom stereocenters. The summed E-state index contributed by atoms with van der Waals surface area (Å²) in [4.78, 5) is 20.2. The lowest BCUT2D eigenvalue weighted by Crippen LogP contribution is -2.03. The second-order valence-electron chi connectivity index (χ2n) is 5.52. The van der Waals surface area contributed by atoms with Gasteiger partial charge in [-0.2, -0.15) is 0 Å². The van der Waals surface area contributed by atoms with E-state index in [-0.39, 0.29) is 5.95 Å². The third kappa shape index (κ3) is 2.91. The quantitative estimate of drug-likeness (QED) is 0.525. The number of nitrogen functional groups attached to an aromatic ring is 1. The summed E-state index contributed by atoms with van der Waals surface area (Å²) in [6.45, 7) is 1.87. The van der Waals surface area contributed by atoms with E-state index >= 15 is 0 Å². The molecule has 0 aliphatic rings. The van der Waals surface area contributed by atoms with Gasteiger partial charge in [-0.1, -0.05) is 11.8 Å². The van der Waals surface area contributed by atoms with Crippen molar-refractivity contribution < 1.29 is 0 Å². The SMILES string of the molecule is Cc1nc(N)nc(-c2cccnc2)c1C#Cc1cnc2[nH]ccc2c1. The smallest absolute Gasteiger partial charge is 0.220 e. The summed E-state index contributed by atoms with van der Waals surface area (Å²) < 4.78 is 0. The summed E-state index contributed by atoms with van der Waals surface area (Å²) in [5.74, 6) is 6.54. The standard InChI is InChI=1S/C19H14N6/c1-12-16(5-4-13-9-14-6-8-22-18(14)23-10-13)17(25-19(20)24-12)15-3-2-7-21-11-15/h2-3,6-11H,1H3,(H,22,23)(H2,20,24,25). The van der Waals surface area contributed by atoms with Gasteiger partial charge in [0.15, 0.2) is 0 Å². The normalized spacial score (nSPS) is 10.4. The molecule has 6 heteroatoms. The van der Waals surface area contributed by atoms with Gasteiger partial charge in [0, 0.05) is 41.3 Å². The molecule has 0 saturated carbocycles. The van der Waals surface area contributed by atoms with Gasteiger partial charge in [0.05, 0.1) is 17.0 Å². The van der Waals surface area contributed by atoms with Crippen LogP contribution in [0.1, 0.15) is 16.8 Å². The van der Waals surface area contributed by atoms with Crippen LogP contribution in [0.4, 0.5) is 5.95 Å². The van der Waals surface area contributed by atoms with E-state index in [9.17, 15) is 0 Å². The lowest BCUT2D eigenvalue weighted by atomic mass is 10.1. The zero-order chi connectivity index (χ0) is 17.2. The van der Waals surface area contributed by atoms with E-state index in [0.29, 0.717) is 5.69 Å². The number of aryl methyl sites for hydroxylation is 1. The lowest BCUT2D eigenvalue weighted by molar-refractivity contribution is 1.11. The van der Waals surface area contributed by atoms with Gasteiger partial charge in [-0.25, -0.2) is 15.0 Å². The van der Waals surface area contributed by atoms with Crippen molar-refractivity contribution >= 4 is 17.0 Å². The van der Waals surface area contributed by atoms with Gasteiger partial charge >= 0.3 is 0 Å². The summed E-state index contributed by atoms with van der Waals surface area (Å²) in [5.41, 5.74) is 10.5. The average molecular weight is 326 g/mol. The van der Waals surface area contributed by atoms with Gasteiger partial charge in [-0.15, -0.1) is 0 Å². The summed E-state index contributed by atoms with van der Waals surface area (Å²) in [6, 6.07) is 7.73. The van der Waals surface area contributed by atoms with Gasteiger partial charge in [0.2, 0.25) is 5.95 Å². The topological polar surface area (TPSA) is 93.4 Å². The molecule has 0 unspecified atom stereocenters. The number of aromatic nitrogens is 5. The van der Waals surface area contributed by atoms with Crippen molar-refractivity contribution in [3.63, 3.8) is 0 Å². The van der Waals surface area contributed by atoms with Crippen molar-refractivity contribution in [1.82, 2.24) is 24.9 Å². The van der Waals surface area contributed by atoms with E-state index < -0.39 is 0 Å². The number of H-pyrrole nitrogens is 1. The number of fused-ring (bicyclic) bond motifs is 1. The summed E-state index contributed by atoms with van der Waals surface area (Å²) in [6.07, 6.45) is 7.04. The minimum atomic E-state index is 0.220. The first-order chi connectivity index (χ1) is 12.2. The minimum Gasteiger partial charge on any atom is -0.368 e. The fourth-order valence-electron chi connectivity index (χ4n) is 2.60. The zero-order valence-corrected chi connectivity index (χ0v) is 13.5. The molecular formula is C19H14N6. The predicted molar refractivity (Wildman–Crippen MR) is 96.5 cm³/mol. The molecule has 0 saturated heterocycles. The highest BCUT2D eigenvalue weighted by Crippen LogP contribution is 2.23. The number of nitrogens with two attached hydrogens (primary N) is 1. The maximum atomic E-state index is 5.82. The van der Waals surface area contributed by atoms with Crippen LogP contribution >= 0.6 is 0 Å². The molecule has 0 radical (unpaired) electrons. The first-order valence-electron chi connectivity index (χ1n) is 7.70. The minimum absolute atomic E-state index is 0.220. The highest BCUT2D eigenvalue weighted by Gasteiger charge is 2.11. The Morgan fingerprint density at radius 2 is 2.04 bits per heavy atom. The molecule has 0 bridgehead atoms. The molecule has 25 heavy (non-hydrogen) atoms. The third-order valence-electron chi connectivity index (χ3n) is 3.77. The molecule has 0 spiro atoms. The predicted octanol–water partition coefficient (Wildman–Crippen LogP) is 2.71. The Labute approximate surface area is 144 Å². The molecule has 4 aromatic rings. The number of nitrogens with zero attached hydrogens (tertiary/aromatic N) is 4. The monoisotopic (exact) mass is 326 g/mol. The van der Waals surface area contributed by atoms with Crippen molar-refractivity contribution in [2.45, 2.75) is 6.92 Å². The van der Waals surface area contributed by atoms with E-state index in [1.807, 2.05) is 37.4 Å². The molecule has 3 N–H and O–H groups in total. The molecule has 0 fully saturated rings. The van der Waals surface area contributed by atoms with Gasteiger partial charge < -0.3 is 10.7 Å². The summed E-state index contributed by atoms with van der Waals surface area (Å²) >= 11 is 0. The lowest BCUT2D eigenvalue weighted by Gasteiger charge is -2.07. The van der Waals surface area contributed by atoms with Crippen molar-refractivity contribution in [2.24, 2.45) is 0 Å². The Hall–Kier alpha value is -3.72. The molecule has 6 nitrogen and oxygen atoms in total. The molecule has 120 valence electrons. The average Bonchev–Trinajstić information content (AvgIpc) is 3.09. The first kappa shape index (κ1) is 14.8. The largest absolute Gasteiger partial charge is 0.368 e. The summed E-state index contributed by atoms with van der Waals surface area (Å²) in [7, 11) is 0. The van der Waals surface area contributed by atoms with Crippen LogP contribution in [0.3, 0.4) is 0 Å². The number of aromatic amines is 1. The van der Waals surface area contributed by atoms with Crippen molar-refractivity contribution in [2.75, 3.05) is 5.73 Å². The van der Waals surface area contributed by atoms with Crippen LogP contribution in [-0.2, 0) is 0 Å². The highest BCUT2D eigenvalue weighted by molar-refractivity contribution is 5.77. The van der Waals surface area contributed by atoms with E-state index in [2.05, 4.69) is 36.8 Å². The summed E-state index contributed by atoms with van der Waals surface area (Å²) in [5, 5.41) is 1.02. The van der Waals surface area contributed by atoms with Crippen LogP contribution in [0.25, 0.3) is 22.3 Å². The van der Waals surface area contributed by atoms with E-state index in [0.717, 1.165) is 33.4 Å². The molecule has 0 aliphatic heterocycles. The fourth-order valence-corrected chi connectivity index (χ4v) is 2.60. The molecule has 4 heterocycles. The number of hydrogen-bond donors (Lipinski definition) is 2. The van der Waals surface area contributed by atoms with Crippen LogP contribution in [-0.4, -0.2) is 24.9 Å². The molecule has 0 amide bonds. The van der Waals surface area contributed by atoms with Crippen LogP contribution in [0.15, 0.2) is 49.1 Å². The Morgan fingerprint density at radius 3 is 2.88 bits per heavy atom. The first-order valence-corrected chi connectivity index (χ1v) is 7.70. The van der Waals surface area contributed by atoms with Crippen LogP contribution in [0.2, 0.25) is 0 Å².